The summed E-state index contributed by atoms with van der Waals surface area (Å²) in [6.07, 6.45) is 1.83. The summed E-state index contributed by atoms with van der Waals surface area (Å²) in [6, 6.07) is 12.1. The van der Waals surface area contributed by atoms with E-state index >= 15 is 0 Å². The van der Waals surface area contributed by atoms with Crippen molar-refractivity contribution in [3.63, 3.8) is 0 Å². The predicted octanol–water partition coefficient (Wildman–Crippen LogP) is 3.95. The van der Waals surface area contributed by atoms with Crippen LogP contribution >= 0.6 is 11.6 Å². The molecule has 2 atom stereocenters. The maximum absolute atomic E-state index is 6.25. The molecule has 2 rings (SSSR count). The van der Waals surface area contributed by atoms with Gasteiger partial charge in [0.15, 0.2) is 0 Å². The van der Waals surface area contributed by atoms with Gasteiger partial charge < -0.3 is 10.6 Å². The van der Waals surface area contributed by atoms with Crippen molar-refractivity contribution in [3.8, 4) is 0 Å². The third-order valence-corrected chi connectivity index (χ3v) is 3.94. The molecule has 0 radical (unpaired) electrons. The number of nitrogens with zero attached hydrogens (tertiary/aromatic N) is 2. The van der Waals surface area contributed by atoms with Gasteiger partial charge in [0.05, 0.1) is 6.04 Å². The molecule has 3 nitrogen and oxygen atoms in total. The standard InChI is InChI=1S/C16H20ClN3/c1-11(18)13-8-9-16(19-10-13)20(3)12(2)14-6-4-5-7-15(14)17/h4-12H,18H2,1-3H3/t11-,12?/m1/s1. The van der Waals surface area contributed by atoms with Gasteiger partial charge >= 0.3 is 0 Å². The van der Waals surface area contributed by atoms with E-state index in [1.807, 2.05) is 56.6 Å². The van der Waals surface area contributed by atoms with E-state index in [2.05, 4.69) is 16.8 Å². The average Bonchev–Trinajstić information content (AvgIpc) is 2.46. The molecule has 0 saturated heterocycles. The van der Waals surface area contributed by atoms with Crippen molar-refractivity contribution >= 4 is 17.4 Å². The minimum absolute atomic E-state index is 0.00264. The van der Waals surface area contributed by atoms with Gasteiger partial charge in [-0.05, 0) is 37.1 Å². The Kier molecular flexibility index (Phi) is 4.63. The number of rotatable bonds is 4. The summed E-state index contributed by atoms with van der Waals surface area (Å²) in [5.74, 6) is 0.904. The fraction of sp³-hybridized carbons (Fsp3) is 0.312. The van der Waals surface area contributed by atoms with E-state index < -0.39 is 0 Å². The number of hydrogen-bond acceptors (Lipinski definition) is 3. The summed E-state index contributed by atoms with van der Waals surface area (Å²) in [5, 5.41) is 0.777. The van der Waals surface area contributed by atoms with Crippen LogP contribution in [0.3, 0.4) is 0 Å². The molecule has 1 heterocycles. The Labute approximate surface area is 125 Å². The van der Waals surface area contributed by atoms with Crippen LogP contribution in [0.2, 0.25) is 5.02 Å². The minimum Gasteiger partial charge on any atom is -0.353 e. The quantitative estimate of drug-likeness (QED) is 0.926. The number of pyridine rings is 1. The van der Waals surface area contributed by atoms with E-state index in [1.165, 1.54) is 0 Å². The summed E-state index contributed by atoms with van der Waals surface area (Å²) >= 11 is 6.25. The number of halogens is 1. The van der Waals surface area contributed by atoms with Gasteiger partial charge in [-0.1, -0.05) is 35.9 Å². The third-order valence-electron chi connectivity index (χ3n) is 3.59. The third kappa shape index (κ3) is 3.11. The van der Waals surface area contributed by atoms with E-state index in [4.69, 9.17) is 17.3 Å². The first-order valence-electron chi connectivity index (χ1n) is 6.69. The van der Waals surface area contributed by atoms with Crippen molar-refractivity contribution in [2.75, 3.05) is 11.9 Å². The Hall–Kier alpha value is -1.58. The van der Waals surface area contributed by atoms with E-state index in [0.717, 1.165) is 22.0 Å². The van der Waals surface area contributed by atoms with Crippen LogP contribution in [0.25, 0.3) is 0 Å². The Bertz CT molecular complexity index is 566. The summed E-state index contributed by atoms with van der Waals surface area (Å²) in [7, 11) is 2.02. The lowest BCUT2D eigenvalue weighted by Crippen LogP contribution is -2.23. The lowest BCUT2D eigenvalue weighted by atomic mass is 10.1. The molecule has 0 aliphatic heterocycles. The molecule has 1 aromatic heterocycles. The van der Waals surface area contributed by atoms with Gasteiger partial charge in [-0.3, -0.25) is 0 Å². The molecule has 0 saturated carbocycles. The van der Waals surface area contributed by atoms with Crippen LogP contribution in [-0.4, -0.2) is 12.0 Å². The van der Waals surface area contributed by atoms with Crippen molar-refractivity contribution < 1.29 is 0 Å². The first-order chi connectivity index (χ1) is 9.50. The molecule has 0 bridgehead atoms. The van der Waals surface area contributed by atoms with Crippen molar-refractivity contribution in [2.45, 2.75) is 25.9 Å². The largest absolute Gasteiger partial charge is 0.353 e. The topological polar surface area (TPSA) is 42.1 Å². The van der Waals surface area contributed by atoms with E-state index in [1.54, 1.807) is 0 Å². The zero-order valence-corrected chi connectivity index (χ0v) is 12.8. The van der Waals surface area contributed by atoms with Crippen molar-refractivity contribution in [3.05, 3.63) is 58.7 Å². The first kappa shape index (κ1) is 14.8. The highest BCUT2D eigenvalue weighted by Gasteiger charge is 2.15. The van der Waals surface area contributed by atoms with E-state index in [9.17, 15) is 0 Å². The SMILES string of the molecule is CC(c1ccccc1Cl)N(C)c1ccc([C@@H](C)N)cn1. The monoisotopic (exact) mass is 289 g/mol. The van der Waals surface area contributed by atoms with Crippen molar-refractivity contribution in [2.24, 2.45) is 5.73 Å². The molecule has 1 aromatic carbocycles. The van der Waals surface area contributed by atoms with Crippen LogP contribution in [0.5, 0.6) is 0 Å². The Balaban J connectivity index is 2.22. The molecule has 2 aromatic rings. The molecule has 0 amide bonds. The first-order valence-corrected chi connectivity index (χ1v) is 7.07. The Morgan fingerprint density at radius 2 is 1.85 bits per heavy atom. The summed E-state index contributed by atoms with van der Waals surface area (Å²) in [6.45, 7) is 4.06. The van der Waals surface area contributed by atoms with Gasteiger partial charge in [-0.2, -0.15) is 0 Å². The molecule has 20 heavy (non-hydrogen) atoms. The molecule has 0 fully saturated rings. The predicted molar refractivity (Wildman–Crippen MR) is 85.1 cm³/mol. The van der Waals surface area contributed by atoms with E-state index in [-0.39, 0.29) is 12.1 Å². The summed E-state index contributed by atoms with van der Waals surface area (Å²) in [4.78, 5) is 6.58. The highest BCUT2D eigenvalue weighted by Crippen LogP contribution is 2.29. The molecule has 4 heteroatoms. The highest BCUT2D eigenvalue weighted by molar-refractivity contribution is 6.31. The smallest absolute Gasteiger partial charge is 0.128 e. The van der Waals surface area contributed by atoms with Crippen molar-refractivity contribution in [1.29, 1.82) is 0 Å². The second-order valence-corrected chi connectivity index (χ2v) is 5.45. The second-order valence-electron chi connectivity index (χ2n) is 5.05. The number of nitrogens with two attached hydrogens (primary N) is 1. The molecule has 0 aliphatic rings. The Morgan fingerprint density at radius 3 is 2.40 bits per heavy atom. The lowest BCUT2D eigenvalue weighted by Gasteiger charge is -2.27. The zero-order chi connectivity index (χ0) is 14.7. The van der Waals surface area contributed by atoms with E-state index in [0.29, 0.717) is 0 Å². The second kappa shape index (κ2) is 6.25. The fourth-order valence-electron chi connectivity index (χ4n) is 2.10. The average molecular weight is 290 g/mol. The van der Waals surface area contributed by atoms with Gasteiger partial charge in [-0.15, -0.1) is 0 Å². The lowest BCUT2D eigenvalue weighted by molar-refractivity contribution is 0.726. The van der Waals surface area contributed by atoms with Gasteiger partial charge in [0.1, 0.15) is 5.82 Å². The van der Waals surface area contributed by atoms with Gasteiger partial charge in [0.2, 0.25) is 0 Å². The van der Waals surface area contributed by atoms with Gasteiger partial charge in [0.25, 0.3) is 0 Å². The van der Waals surface area contributed by atoms with Crippen LogP contribution in [0.15, 0.2) is 42.6 Å². The molecule has 2 N–H and O–H groups in total. The van der Waals surface area contributed by atoms with Gasteiger partial charge in [0, 0.05) is 24.3 Å². The highest BCUT2D eigenvalue weighted by atomic mass is 35.5. The molecule has 106 valence electrons. The molecular formula is C16H20ClN3. The van der Waals surface area contributed by atoms with Crippen molar-refractivity contribution in [1.82, 2.24) is 4.98 Å². The van der Waals surface area contributed by atoms with Gasteiger partial charge in [-0.25, -0.2) is 4.98 Å². The number of hydrogen-bond donors (Lipinski definition) is 1. The normalized spacial score (nSPS) is 13.8. The molecule has 0 aliphatic carbocycles. The minimum atomic E-state index is 0.00264. The Morgan fingerprint density at radius 1 is 1.15 bits per heavy atom. The molecule has 1 unspecified atom stereocenters. The number of benzene rings is 1. The molecule has 0 spiro atoms. The fourth-order valence-corrected chi connectivity index (χ4v) is 2.39. The number of anilines is 1. The zero-order valence-electron chi connectivity index (χ0n) is 12.0. The van der Waals surface area contributed by atoms with Crippen LogP contribution in [0.4, 0.5) is 5.82 Å². The number of aromatic nitrogens is 1. The summed E-state index contributed by atoms with van der Waals surface area (Å²) < 4.78 is 0. The summed E-state index contributed by atoms with van der Waals surface area (Å²) in [5.41, 5.74) is 7.97. The van der Waals surface area contributed by atoms with Crippen LogP contribution < -0.4 is 10.6 Å². The van der Waals surface area contributed by atoms with Crippen LogP contribution in [-0.2, 0) is 0 Å². The maximum atomic E-state index is 6.25. The maximum Gasteiger partial charge on any atom is 0.128 e. The van der Waals surface area contributed by atoms with Crippen LogP contribution in [0.1, 0.15) is 37.1 Å². The molecular weight excluding hydrogens is 270 g/mol. The van der Waals surface area contributed by atoms with Crippen LogP contribution in [0, 0.1) is 0 Å².